The fourth-order valence-corrected chi connectivity index (χ4v) is 2.83. The van der Waals surface area contributed by atoms with Gasteiger partial charge in [0.2, 0.25) is 0 Å². The van der Waals surface area contributed by atoms with Crippen LogP contribution in [0.5, 0.6) is 0 Å². The molecule has 2 aromatic heterocycles. The summed E-state index contributed by atoms with van der Waals surface area (Å²) in [6, 6.07) is 1.94. The molecule has 2 heterocycles. The van der Waals surface area contributed by atoms with Gasteiger partial charge < -0.3 is 0 Å². The Kier molecular flexibility index (Phi) is 3.72. The van der Waals surface area contributed by atoms with E-state index in [0.29, 0.717) is 5.02 Å². The first kappa shape index (κ1) is 11.0. The van der Waals surface area contributed by atoms with Crippen LogP contribution in [-0.2, 0) is 6.42 Å². The van der Waals surface area contributed by atoms with E-state index >= 15 is 0 Å². The molecule has 0 amide bonds. The van der Waals surface area contributed by atoms with E-state index in [0.717, 1.165) is 12.0 Å². The van der Waals surface area contributed by atoms with Gasteiger partial charge in [-0.2, -0.15) is 0 Å². The first-order valence-corrected chi connectivity index (χ1v) is 6.55. The summed E-state index contributed by atoms with van der Waals surface area (Å²) in [4.78, 5) is 9.49. The van der Waals surface area contributed by atoms with Crippen LogP contribution < -0.4 is 0 Å². The lowest BCUT2D eigenvalue weighted by Gasteiger charge is -2.07. The van der Waals surface area contributed by atoms with E-state index in [4.69, 9.17) is 11.6 Å². The maximum Gasteiger partial charge on any atom is 0.0794 e. The van der Waals surface area contributed by atoms with Gasteiger partial charge in [0.1, 0.15) is 0 Å². The Morgan fingerprint density at radius 3 is 2.93 bits per heavy atom. The normalized spacial score (nSPS) is 12.7. The number of aromatic nitrogens is 2. The van der Waals surface area contributed by atoms with Gasteiger partial charge in [0.05, 0.1) is 15.4 Å². The highest BCUT2D eigenvalue weighted by atomic mass is 79.9. The number of pyridine rings is 1. The smallest absolute Gasteiger partial charge is 0.0794 e. The number of thiazole rings is 1. The molecule has 0 fully saturated rings. The summed E-state index contributed by atoms with van der Waals surface area (Å²) in [7, 11) is 0. The van der Waals surface area contributed by atoms with Crippen LogP contribution in [0.3, 0.4) is 0 Å². The summed E-state index contributed by atoms with van der Waals surface area (Å²) in [6.07, 6.45) is 6.15. The predicted molar refractivity (Wildman–Crippen MR) is 66.7 cm³/mol. The molecule has 2 rings (SSSR count). The van der Waals surface area contributed by atoms with Gasteiger partial charge in [0.15, 0.2) is 0 Å². The minimum absolute atomic E-state index is 0.268. The molecule has 0 aliphatic heterocycles. The molecule has 0 radical (unpaired) electrons. The zero-order chi connectivity index (χ0) is 10.7. The van der Waals surface area contributed by atoms with Crippen LogP contribution in [0.15, 0.2) is 30.2 Å². The second-order valence-electron chi connectivity index (χ2n) is 3.04. The molecular weight excluding hydrogens is 296 g/mol. The summed E-state index contributed by atoms with van der Waals surface area (Å²) in [5.74, 6) is 0. The molecule has 2 aromatic rings. The van der Waals surface area contributed by atoms with E-state index in [-0.39, 0.29) is 4.83 Å². The van der Waals surface area contributed by atoms with Crippen LogP contribution >= 0.6 is 38.9 Å². The van der Waals surface area contributed by atoms with Crippen LogP contribution in [0.4, 0.5) is 0 Å². The van der Waals surface area contributed by atoms with Crippen molar-refractivity contribution in [2.75, 3.05) is 0 Å². The fourth-order valence-electron chi connectivity index (χ4n) is 1.24. The van der Waals surface area contributed by atoms with Crippen molar-refractivity contribution in [3.8, 4) is 0 Å². The molecule has 1 unspecified atom stereocenters. The quantitative estimate of drug-likeness (QED) is 0.804. The molecule has 0 saturated carbocycles. The Bertz CT molecular complexity index is 433. The Morgan fingerprint density at radius 1 is 1.40 bits per heavy atom. The molecule has 1 atom stereocenters. The first-order chi connectivity index (χ1) is 7.27. The first-order valence-electron chi connectivity index (χ1n) is 4.38. The fraction of sp³-hybridized carbons (Fsp3) is 0.200. The summed E-state index contributed by atoms with van der Waals surface area (Å²) >= 11 is 11.3. The van der Waals surface area contributed by atoms with Crippen molar-refractivity contribution < 1.29 is 0 Å². The third-order valence-corrected chi connectivity index (χ3v) is 4.37. The largest absolute Gasteiger partial charge is 0.263 e. The molecule has 0 aliphatic rings. The third kappa shape index (κ3) is 2.77. The highest BCUT2D eigenvalue weighted by molar-refractivity contribution is 9.09. The van der Waals surface area contributed by atoms with Crippen molar-refractivity contribution in [1.82, 2.24) is 9.97 Å². The van der Waals surface area contributed by atoms with Gasteiger partial charge in [-0.1, -0.05) is 27.5 Å². The van der Waals surface area contributed by atoms with Gasteiger partial charge in [0, 0.05) is 23.5 Å². The molecular formula is C10H8BrClN2S. The van der Waals surface area contributed by atoms with E-state index in [1.807, 2.05) is 17.8 Å². The van der Waals surface area contributed by atoms with Crippen molar-refractivity contribution in [1.29, 1.82) is 0 Å². The monoisotopic (exact) mass is 302 g/mol. The van der Waals surface area contributed by atoms with Crippen LogP contribution in [0.2, 0.25) is 5.02 Å². The molecule has 2 nitrogen and oxygen atoms in total. The van der Waals surface area contributed by atoms with Gasteiger partial charge >= 0.3 is 0 Å². The lowest BCUT2D eigenvalue weighted by atomic mass is 10.1. The summed E-state index contributed by atoms with van der Waals surface area (Å²) in [6.45, 7) is 0. The average molecular weight is 304 g/mol. The van der Waals surface area contributed by atoms with Crippen LogP contribution in [0.25, 0.3) is 0 Å². The van der Waals surface area contributed by atoms with E-state index in [1.54, 1.807) is 23.7 Å². The molecule has 0 aliphatic carbocycles. The highest BCUT2D eigenvalue weighted by Gasteiger charge is 2.11. The summed E-state index contributed by atoms with van der Waals surface area (Å²) in [5.41, 5.74) is 2.93. The number of hydrogen-bond donors (Lipinski definition) is 0. The number of hydrogen-bond acceptors (Lipinski definition) is 3. The molecule has 5 heteroatoms. The third-order valence-electron chi connectivity index (χ3n) is 2.02. The lowest BCUT2D eigenvalue weighted by Crippen LogP contribution is -1.94. The van der Waals surface area contributed by atoms with E-state index in [2.05, 4.69) is 25.9 Å². The van der Waals surface area contributed by atoms with E-state index in [9.17, 15) is 0 Å². The molecule has 15 heavy (non-hydrogen) atoms. The molecule has 0 bridgehead atoms. The molecule has 0 N–H and O–H groups in total. The van der Waals surface area contributed by atoms with Gasteiger partial charge in [-0.3, -0.25) is 9.97 Å². The summed E-state index contributed by atoms with van der Waals surface area (Å²) < 4.78 is 0. The van der Waals surface area contributed by atoms with Crippen LogP contribution in [-0.4, -0.2) is 9.97 Å². The number of rotatable bonds is 3. The van der Waals surface area contributed by atoms with Crippen molar-refractivity contribution in [3.05, 3.63) is 45.6 Å². The standard InChI is InChI=1S/C10H8BrClN2S/c11-8(10-5-14-6-15-10)3-7-1-2-13-4-9(7)12/h1-2,4-6,8H,3H2. The average Bonchev–Trinajstić information content (AvgIpc) is 2.74. The van der Waals surface area contributed by atoms with Crippen molar-refractivity contribution in [2.24, 2.45) is 0 Å². The lowest BCUT2D eigenvalue weighted by molar-refractivity contribution is 0.960. The minimum Gasteiger partial charge on any atom is -0.263 e. The molecule has 0 spiro atoms. The Hall–Kier alpha value is -0.450. The van der Waals surface area contributed by atoms with E-state index in [1.165, 1.54) is 4.88 Å². The maximum absolute atomic E-state index is 6.03. The minimum atomic E-state index is 0.268. The van der Waals surface area contributed by atoms with Gasteiger partial charge in [-0.25, -0.2) is 0 Å². The number of halogens is 2. The number of alkyl halides is 1. The van der Waals surface area contributed by atoms with Crippen molar-refractivity contribution in [2.45, 2.75) is 11.2 Å². The maximum atomic E-state index is 6.03. The Labute approximate surface area is 105 Å². The van der Waals surface area contributed by atoms with Crippen molar-refractivity contribution in [3.63, 3.8) is 0 Å². The Morgan fingerprint density at radius 2 is 2.27 bits per heavy atom. The zero-order valence-corrected chi connectivity index (χ0v) is 10.9. The van der Waals surface area contributed by atoms with Gasteiger partial charge in [-0.05, 0) is 18.1 Å². The number of nitrogens with zero attached hydrogens (tertiary/aromatic N) is 2. The predicted octanol–water partition coefficient (Wildman–Crippen LogP) is 3.87. The SMILES string of the molecule is Clc1cnccc1CC(Br)c1cncs1. The van der Waals surface area contributed by atoms with Crippen molar-refractivity contribution >= 4 is 38.9 Å². The Balaban J connectivity index is 2.13. The summed E-state index contributed by atoms with van der Waals surface area (Å²) in [5, 5.41) is 0.714. The molecule has 0 saturated heterocycles. The van der Waals surface area contributed by atoms with Crippen LogP contribution in [0.1, 0.15) is 15.3 Å². The zero-order valence-electron chi connectivity index (χ0n) is 7.73. The second-order valence-corrected chi connectivity index (χ2v) is 5.47. The molecule has 78 valence electrons. The highest BCUT2D eigenvalue weighted by Crippen LogP contribution is 2.31. The van der Waals surface area contributed by atoms with Crippen LogP contribution in [0, 0.1) is 0 Å². The topological polar surface area (TPSA) is 25.8 Å². The van der Waals surface area contributed by atoms with Gasteiger partial charge in [0.25, 0.3) is 0 Å². The second kappa shape index (κ2) is 5.05. The van der Waals surface area contributed by atoms with E-state index < -0.39 is 0 Å². The molecule has 0 aromatic carbocycles. The van der Waals surface area contributed by atoms with Gasteiger partial charge in [-0.15, -0.1) is 11.3 Å².